The summed E-state index contributed by atoms with van der Waals surface area (Å²) in [6.45, 7) is 0. The Kier molecular flexibility index (Phi) is 8.83. The zero-order valence-electron chi connectivity index (χ0n) is 34.4. The summed E-state index contributed by atoms with van der Waals surface area (Å²) in [5, 5.41) is 4.77. The number of aromatic nitrogens is 1. The average molecular weight is 805 g/mol. The van der Waals surface area contributed by atoms with Gasteiger partial charge in [-0.1, -0.05) is 176 Å². The Morgan fingerprint density at radius 3 is 1.52 bits per heavy atom. The molecule has 63 heavy (non-hydrogen) atoms. The largest absolute Gasteiger partial charge is 0.455 e. The number of furan rings is 1. The molecule has 0 N–H and O–H groups in total. The first-order chi connectivity index (χ1) is 31.2. The lowest BCUT2D eigenvalue weighted by atomic mass is 9.97. The van der Waals surface area contributed by atoms with Gasteiger partial charge >= 0.3 is 0 Å². The summed E-state index contributed by atoms with van der Waals surface area (Å²) < 4.78 is 8.85. The number of nitrogens with zero attached hydrogens (tertiary/aromatic N) is 2. The van der Waals surface area contributed by atoms with Crippen LogP contribution in [0.1, 0.15) is 0 Å². The van der Waals surface area contributed by atoms with Crippen molar-refractivity contribution < 1.29 is 4.42 Å². The van der Waals surface area contributed by atoms with Gasteiger partial charge in [0.2, 0.25) is 0 Å². The zero-order chi connectivity index (χ0) is 41.7. The Morgan fingerprint density at radius 2 is 0.794 bits per heavy atom. The summed E-state index contributed by atoms with van der Waals surface area (Å²) in [4.78, 5) is 2.36. The van der Waals surface area contributed by atoms with Crippen LogP contribution in [0.5, 0.6) is 0 Å². The van der Waals surface area contributed by atoms with Crippen molar-refractivity contribution in [1.82, 2.24) is 4.57 Å². The van der Waals surface area contributed by atoms with E-state index in [2.05, 4.69) is 240 Å². The molecule has 296 valence electrons. The van der Waals surface area contributed by atoms with Crippen LogP contribution in [0.15, 0.2) is 247 Å². The van der Waals surface area contributed by atoms with E-state index in [9.17, 15) is 0 Å². The summed E-state index contributed by atoms with van der Waals surface area (Å²) >= 11 is 0. The molecular weight excluding hydrogens is 765 g/mol. The van der Waals surface area contributed by atoms with Gasteiger partial charge in [-0.05, 0) is 100 Å². The van der Waals surface area contributed by atoms with E-state index in [0.29, 0.717) is 0 Å². The number of para-hydroxylation sites is 5. The molecule has 0 spiro atoms. The van der Waals surface area contributed by atoms with E-state index >= 15 is 0 Å². The topological polar surface area (TPSA) is 21.3 Å². The van der Waals surface area contributed by atoms with E-state index in [4.69, 9.17) is 4.42 Å². The third kappa shape index (κ3) is 6.38. The molecule has 0 amide bonds. The van der Waals surface area contributed by atoms with E-state index in [1.54, 1.807) is 0 Å². The van der Waals surface area contributed by atoms with Gasteiger partial charge in [-0.2, -0.15) is 0 Å². The molecule has 0 radical (unpaired) electrons. The minimum absolute atomic E-state index is 0.906. The predicted molar refractivity (Wildman–Crippen MR) is 264 cm³/mol. The lowest BCUT2D eigenvalue weighted by molar-refractivity contribution is 0.670. The Labute approximate surface area is 366 Å². The summed E-state index contributed by atoms with van der Waals surface area (Å²) in [6.07, 6.45) is 0. The third-order valence-electron chi connectivity index (χ3n) is 12.4. The molecule has 3 heteroatoms. The summed E-state index contributed by atoms with van der Waals surface area (Å²) in [5.74, 6) is 0. The van der Waals surface area contributed by atoms with Crippen LogP contribution in [0.2, 0.25) is 0 Å². The van der Waals surface area contributed by atoms with Gasteiger partial charge in [0.25, 0.3) is 0 Å². The highest BCUT2D eigenvalue weighted by Gasteiger charge is 2.19. The smallest absolute Gasteiger partial charge is 0.143 e. The van der Waals surface area contributed by atoms with Gasteiger partial charge in [0.1, 0.15) is 11.2 Å². The van der Waals surface area contributed by atoms with Gasteiger partial charge in [-0.15, -0.1) is 0 Å². The van der Waals surface area contributed by atoms with E-state index in [1.807, 2.05) is 12.1 Å². The molecule has 10 aromatic carbocycles. The Balaban J connectivity index is 0.951. The monoisotopic (exact) mass is 804 g/mol. The SMILES string of the molecule is c1ccc(-c2ccc(N(c3ccc(-c4cccc(-c5cccc6c5oc5ccccc56)c4)cc3)c3cccc(-c4ccccc4-n4c5ccccc5c5ccccc54)c3)cc2)cc1. The third-order valence-corrected chi connectivity index (χ3v) is 12.4. The van der Waals surface area contributed by atoms with E-state index in [0.717, 1.165) is 72.5 Å². The van der Waals surface area contributed by atoms with Crippen LogP contribution in [0.3, 0.4) is 0 Å². The average Bonchev–Trinajstić information content (AvgIpc) is 3.91. The fraction of sp³-hybridized carbons (Fsp3) is 0. The number of fused-ring (bicyclic) bond motifs is 6. The lowest BCUT2D eigenvalue weighted by Gasteiger charge is -2.27. The van der Waals surface area contributed by atoms with Crippen LogP contribution >= 0.6 is 0 Å². The lowest BCUT2D eigenvalue weighted by Crippen LogP contribution is -2.10. The number of rotatable bonds is 8. The fourth-order valence-corrected chi connectivity index (χ4v) is 9.43. The molecule has 0 saturated heterocycles. The van der Waals surface area contributed by atoms with Crippen molar-refractivity contribution in [3.63, 3.8) is 0 Å². The Morgan fingerprint density at radius 1 is 0.302 bits per heavy atom. The summed E-state index contributed by atoms with van der Waals surface area (Å²) in [6, 6.07) is 87.1. The molecule has 0 aliphatic carbocycles. The van der Waals surface area contributed by atoms with Crippen molar-refractivity contribution in [3.05, 3.63) is 243 Å². The van der Waals surface area contributed by atoms with Crippen molar-refractivity contribution >= 4 is 60.8 Å². The molecule has 2 heterocycles. The number of anilines is 3. The van der Waals surface area contributed by atoms with Crippen molar-refractivity contribution in [3.8, 4) is 50.2 Å². The van der Waals surface area contributed by atoms with E-state index in [1.165, 1.54) is 38.5 Å². The van der Waals surface area contributed by atoms with Crippen molar-refractivity contribution in [2.45, 2.75) is 0 Å². The van der Waals surface area contributed by atoms with Crippen LogP contribution in [-0.4, -0.2) is 4.57 Å². The quantitative estimate of drug-likeness (QED) is 0.153. The summed E-state index contributed by atoms with van der Waals surface area (Å²) in [5.41, 5.74) is 17.8. The van der Waals surface area contributed by atoms with Crippen molar-refractivity contribution in [2.24, 2.45) is 0 Å². The molecule has 0 aliphatic heterocycles. The normalized spacial score (nSPS) is 11.5. The second-order valence-electron chi connectivity index (χ2n) is 16.1. The van der Waals surface area contributed by atoms with Gasteiger partial charge in [0.05, 0.1) is 16.7 Å². The molecule has 0 bridgehead atoms. The Bertz CT molecular complexity index is 3560. The van der Waals surface area contributed by atoms with Crippen molar-refractivity contribution in [1.29, 1.82) is 0 Å². The summed E-state index contributed by atoms with van der Waals surface area (Å²) in [7, 11) is 0. The fourth-order valence-electron chi connectivity index (χ4n) is 9.43. The molecule has 12 rings (SSSR count). The minimum atomic E-state index is 0.906. The molecule has 0 saturated carbocycles. The standard InChI is InChI=1S/C60H40N2O/c1-2-15-41(16-3-1)42-31-35-47(36-32-42)61(48-37-33-43(34-38-48)44-17-12-18-45(39-44)51-25-14-26-55-54-24-7-11-30-59(54)63-60(51)55)49-20-13-19-46(40-49)50-21-4-8-27-56(50)62-57-28-9-5-22-52(57)53-23-6-10-29-58(53)62/h1-40H. The number of hydrogen-bond donors (Lipinski definition) is 0. The molecule has 0 aliphatic rings. The van der Waals surface area contributed by atoms with E-state index in [-0.39, 0.29) is 0 Å². The first-order valence-electron chi connectivity index (χ1n) is 21.5. The van der Waals surface area contributed by atoms with Gasteiger partial charge < -0.3 is 13.9 Å². The van der Waals surface area contributed by atoms with Gasteiger partial charge in [0, 0.05) is 49.7 Å². The highest BCUT2D eigenvalue weighted by Crippen LogP contribution is 2.42. The minimum Gasteiger partial charge on any atom is -0.455 e. The molecule has 12 aromatic rings. The van der Waals surface area contributed by atoms with Crippen LogP contribution in [0.4, 0.5) is 17.1 Å². The molecule has 2 aromatic heterocycles. The van der Waals surface area contributed by atoms with E-state index < -0.39 is 0 Å². The maximum Gasteiger partial charge on any atom is 0.143 e. The number of hydrogen-bond acceptors (Lipinski definition) is 2. The molecule has 3 nitrogen and oxygen atoms in total. The van der Waals surface area contributed by atoms with Crippen molar-refractivity contribution in [2.75, 3.05) is 4.90 Å². The molecule has 0 fully saturated rings. The highest BCUT2D eigenvalue weighted by molar-refractivity contribution is 6.11. The van der Waals surface area contributed by atoms with Crippen LogP contribution < -0.4 is 4.90 Å². The second kappa shape index (κ2) is 15.3. The maximum absolute atomic E-state index is 6.43. The first-order valence-corrected chi connectivity index (χ1v) is 21.5. The van der Waals surface area contributed by atoms with Gasteiger partial charge in [0.15, 0.2) is 0 Å². The molecular formula is C60H40N2O. The molecule has 0 unspecified atom stereocenters. The van der Waals surface area contributed by atoms with Gasteiger partial charge in [-0.25, -0.2) is 0 Å². The van der Waals surface area contributed by atoms with Crippen LogP contribution in [0.25, 0.3) is 93.9 Å². The second-order valence-corrected chi connectivity index (χ2v) is 16.1. The zero-order valence-corrected chi connectivity index (χ0v) is 34.4. The van der Waals surface area contributed by atoms with Crippen LogP contribution in [-0.2, 0) is 0 Å². The molecule has 0 atom stereocenters. The first kappa shape index (κ1) is 36.5. The van der Waals surface area contributed by atoms with Gasteiger partial charge in [-0.3, -0.25) is 0 Å². The maximum atomic E-state index is 6.43. The highest BCUT2D eigenvalue weighted by atomic mass is 16.3. The van der Waals surface area contributed by atoms with Crippen LogP contribution in [0, 0.1) is 0 Å². The predicted octanol–water partition coefficient (Wildman–Crippen LogP) is 16.8. The number of benzene rings is 10. The Hall–Kier alpha value is -8.40.